The summed E-state index contributed by atoms with van der Waals surface area (Å²) in [5.41, 5.74) is 0.303. The molecule has 0 aromatic heterocycles. The van der Waals surface area contributed by atoms with Crippen molar-refractivity contribution in [3.05, 3.63) is 28.3 Å². The molecule has 0 aliphatic carbocycles. The van der Waals surface area contributed by atoms with Crippen molar-refractivity contribution < 1.29 is 9.66 Å². The summed E-state index contributed by atoms with van der Waals surface area (Å²) in [6, 6.07) is 4.87. The van der Waals surface area contributed by atoms with Gasteiger partial charge in [0.1, 0.15) is 5.69 Å². The predicted octanol–water partition coefficient (Wildman–Crippen LogP) is 2.43. The van der Waals surface area contributed by atoms with Crippen LogP contribution in [0.4, 0.5) is 11.4 Å². The zero-order valence-electron chi connectivity index (χ0n) is 9.60. The lowest BCUT2D eigenvalue weighted by molar-refractivity contribution is -0.384. The zero-order chi connectivity index (χ0) is 12.7. The van der Waals surface area contributed by atoms with E-state index in [0.717, 1.165) is 6.42 Å². The van der Waals surface area contributed by atoms with E-state index in [1.807, 2.05) is 6.92 Å². The van der Waals surface area contributed by atoms with Gasteiger partial charge in [0.2, 0.25) is 0 Å². The van der Waals surface area contributed by atoms with Gasteiger partial charge in [-0.2, -0.15) is 0 Å². The molecule has 0 radical (unpaired) electrons. The van der Waals surface area contributed by atoms with Crippen LogP contribution in [0.5, 0.6) is 5.75 Å². The van der Waals surface area contributed by atoms with E-state index in [1.165, 1.54) is 0 Å². The molecule has 90 valence electrons. The summed E-state index contributed by atoms with van der Waals surface area (Å²) >= 11 is 0. The van der Waals surface area contributed by atoms with Crippen molar-refractivity contribution in [2.75, 3.05) is 18.5 Å². The highest BCUT2D eigenvalue weighted by molar-refractivity contribution is 5.68. The summed E-state index contributed by atoms with van der Waals surface area (Å²) in [4.78, 5) is 10.5. The highest BCUT2D eigenvalue weighted by Crippen LogP contribution is 2.34. The third-order valence-electron chi connectivity index (χ3n) is 2.02. The molecule has 5 nitrogen and oxygen atoms in total. The van der Waals surface area contributed by atoms with Gasteiger partial charge >= 0.3 is 5.69 Å². The average Bonchev–Trinajstić information content (AvgIpc) is 2.33. The minimum absolute atomic E-state index is 0.0730. The number of anilines is 1. The summed E-state index contributed by atoms with van der Waals surface area (Å²) in [6.45, 7) is 2.61. The van der Waals surface area contributed by atoms with E-state index < -0.39 is 4.92 Å². The van der Waals surface area contributed by atoms with Crippen LogP contribution in [0.2, 0.25) is 0 Å². The van der Waals surface area contributed by atoms with Crippen LogP contribution in [0.3, 0.4) is 0 Å². The van der Waals surface area contributed by atoms with Crippen LogP contribution < -0.4 is 10.1 Å². The molecule has 0 saturated heterocycles. The smallest absolute Gasteiger partial charge is 0.333 e. The largest absolute Gasteiger partial charge is 0.487 e. The first-order chi connectivity index (χ1) is 8.20. The van der Waals surface area contributed by atoms with E-state index in [4.69, 9.17) is 11.2 Å². The predicted molar refractivity (Wildman–Crippen MR) is 66.2 cm³/mol. The number of nitrogens with zero attached hydrogens (tertiary/aromatic N) is 1. The molecule has 0 saturated carbocycles. The topological polar surface area (TPSA) is 64.4 Å². The number of hydrogen-bond acceptors (Lipinski definition) is 4. The van der Waals surface area contributed by atoms with Crippen LogP contribution in [0.1, 0.15) is 13.3 Å². The lowest BCUT2D eigenvalue weighted by atomic mass is 10.2. The van der Waals surface area contributed by atoms with Gasteiger partial charge in [-0.1, -0.05) is 18.9 Å². The first kappa shape index (κ1) is 12.8. The summed E-state index contributed by atoms with van der Waals surface area (Å²) < 4.78 is 5.33. The van der Waals surface area contributed by atoms with Crippen molar-refractivity contribution in [3.63, 3.8) is 0 Å². The van der Waals surface area contributed by atoms with Gasteiger partial charge in [-0.05, 0) is 18.6 Å². The molecule has 1 rings (SSSR count). The summed E-state index contributed by atoms with van der Waals surface area (Å²) in [5.74, 6) is 2.63. The van der Waals surface area contributed by atoms with Gasteiger partial charge in [0, 0.05) is 0 Å². The van der Waals surface area contributed by atoms with Crippen LogP contribution in [-0.4, -0.2) is 18.1 Å². The van der Waals surface area contributed by atoms with Crippen molar-refractivity contribution in [1.29, 1.82) is 0 Å². The minimum Gasteiger partial charge on any atom is -0.487 e. The van der Waals surface area contributed by atoms with Gasteiger partial charge in [-0.3, -0.25) is 10.1 Å². The Hall–Kier alpha value is -2.22. The number of nitrogens with one attached hydrogen (secondary N) is 1. The van der Waals surface area contributed by atoms with Crippen LogP contribution in [0.25, 0.3) is 0 Å². The molecule has 0 spiro atoms. The Balaban J connectivity index is 3.04. The molecule has 5 heteroatoms. The van der Waals surface area contributed by atoms with Gasteiger partial charge in [0.25, 0.3) is 0 Å². The van der Waals surface area contributed by atoms with E-state index in [0.29, 0.717) is 12.3 Å². The molecule has 0 bridgehead atoms. The molecule has 1 aromatic carbocycles. The third kappa shape index (κ3) is 3.38. The van der Waals surface area contributed by atoms with Crippen LogP contribution >= 0.6 is 0 Å². The van der Waals surface area contributed by atoms with Crippen molar-refractivity contribution >= 4 is 11.4 Å². The standard InChI is InChI=1S/C12H14N2O3/c1-3-8-13-10-6-5-7-11(17-9-4-2)12(10)14(15)16/h1,5-7,13H,4,8-9H2,2H3. The number of benzene rings is 1. The molecule has 0 atom stereocenters. The van der Waals surface area contributed by atoms with Crippen molar-refractivity contribution in [1.82, 2.24) is 0 Å². The minimum atomic E-state index is -0.468. The SMILES string of the molecule is C#CCNc1cccc(OCCC)c1[N+](=O)[O-]. The maximum atomic E-state index is 11.0. The Morgan fingerprint density at radius 1 is 1.59 bits per heavy atom. The Morgan fingerprint density at radius 3 is 2.94 bits per heavy atom. The fourth-order valence-corrected chi connectivity index (χ4v) is 1.33. The Bertz CT molecular complexity index is 438. The number of para-hydroxylation sites is 1. The van der Waals surface area contributed by atoms with E-state index in [-0.39, 0.29) is 18.0 Å². The maximum absolute atomic E-state index is 11.0. The highest BCUT2D eigenvalue weighted by Gasteiger charge is 2.20. The molecular formula is C12H14N2O3. The van der Waals surface area contributed by atoms with Gasteiger partial charge in [-0.25, -0.2) is 0 Å². The first-order valence-corrected chi connectivity index (χ1v) is 5.28. The number of nitro benzene ring substituents is 1. The second kappa shape index (κ2) is 6.38. The molecule has 0 aliphatic heterocycles. The molecular weight excluding hydrogens is 220 g/mol. The summed E-state index contributed by atoms with van der Waals surface area (Å²) in [5, 5.41) is 13.8. The van der Waals surface area contributed by atoms with E-state index >= 15 is 0 Å². The lowest BCUT2D eigenvalue weighted by Gasteiger charge is -2.09. The van der Waals surface area contributed by atoms with Gasteiger partial charge < -0.3 is 10.1 Å². The average molecular weight is 234 g/mol. The molecule has 1 aromatic rings. The van der Waals surface area contributed by atoms with Crippen molar-refractivity contribution in [2.24, 2.45) is 0 Å². The fraction of sp³-hybridized carbons (Fsp3) is 0.333. The van der Waals surface area contributed by atoms with Crippen molar-refractivity contribution in [2.45, 2.75) is 13.3 Å². The third-order valence-corrected chi connectivity index (χ3v) is 2.02. The van der Waals surface area contributed by atoms with Gasteiger partial charge in [-0.15, -0.1) is 6.42 Å². The molecule has 17 heavy (non-hydrogen) atoms. The molecule has 0 unspecified atom stereocenters. The zero-order valence-corrected chi connectivity index (χ0v) is 9.60. The number of rotatable bonds is 6. The number of terminal acetylenes is 1. The molecule has 0 aliphatic rings. The first-order valence-electron chi connectivity index (χ1n) is 5.28. The number of nitro groups is 1. The van der Waals surface area contributed by atoms with Crippen LogP contribution in [0, 0.1) is 22.5 Å². The normalized spacial score (nSPS) is 9.41. The van der Waals surface area contributed by atoms with E-state index in [1.54, 1.807) is 18.2 Å². The number of hydrogen-bond donors (Lipinski definition) is 1. The highest BCUT2D eigenvalue weighted by atomic mass is 16.6. The van der Waals surface area contributed by atoms with Gasteiger partial charge in [0.05, 0.1) is 18.1 Å². The quantitative estimate of drug-likeness (QED) is 0.466. The second-order valence-corrected chi connectivity index (χ2v) is 3.32. The summed E-state index contributed by atoms with van der Waals surface area (Å²) in [6.07, 6.45) is 5.90. The monoisotopic (exact) mass is 234 g/mol. The molecule has 1 N–H and O–H groups in total. The van der Waals surface area contributed by atoms with E-state index in [2.05, 4.69) is 11.2 Å². The summed E-state index contributed by atoms with van der Waals surface area (Å²) in [7, 11) is 0. The Morgan fingerprint density at radius 2 is 2.35 bits per heavy atom. The molecule has 0 amide bonds. The maximum Gasteiger partial charge on any atom is 0.333 e. The molecule has 0 heterocycles. The van der Waals surface area contributed by atoms with Gasteiger partial charge in [0.15, 0.2) is 5.75 Å². The van der Waals surface area contributed by atoms with E-state index in [9.17, 15) is 10.1 Å². The van der Waals surface area contributed by atoms with Crippen molar-refractivity contribution in [3.8, 4) is 18.1 Å². The number of ether oxygens (including phenoxy) is 1. The molecule has 0 fully saturated rings. The Kier molecular flexibility index (Phi) is 4.82. The fourth-order valence-electron chi connectivity index (χ4n) is 1.33. The van der Waals surface area contributed by atoms with Crippen LogP contribution in [0.15, 0.2) is 18.2 Å². The second-order valence-electron chi connectivity index (χ2n) is 3.32. The lowest BCUT2D eigenvalue weighted by Crippen LogP contribution is -2.05. The Labute approximate surface area is 99.9 Å². The van der Waals surface area contributed by atoms with Crippen LogP contribution in [-0.2, 0) is 0 Å².